The highest BCUT2D eigenvalue weighted by Crippen LogP contribution is 2.22. The van der Waals surface area contributed by atoms with Gasteiger partial charge in [-0.25, -0.2) is 4.39 Å². The Morgan fingerprint density at radius 3 is 2.66 bits per heavy atom. The van der Waals surface area contributed by atoms with Crippen molar-refractivity contribution in [1.82, 2.24) is 9.78 Å². The number of nitrogens with zero attached hydrogens (tertiary/aromatic N) is 2. The quantitative estimate of drug-likeness (QED) is 0.314. The highest BCUT2D eigenvalue weighted by Gasteiger charge is 2.13. The standard InChI is InChI=1S/C24H18BrClFN3O2/c25-21-14-30(13-18-5-1-2-7-22(18)27)29-23(21)28-24(31)17-6-3-4-16(12-17)15-32-20-10-8-19(26)9-11-20/h1-12,14H,13,15H2,(H,28,29,31). The van der Waals surface area contributed by atoms with Gasteiger partial charge < -0.3 is 10.1 Å². The van der Waals surface area contributed by atoms with Gasteiger partial charge in [-0.3, -0.25) is 9.48 Å². The fourth-order valence-corrected chi connectivity index (χ4v) is 3.58. The van der Waals surface area contributed by atoms with E-state index in [1.54, 1.807) is 71.5 Å². The van der Waals surface area contributed by atoms with E-state index in [1.807, 2.05) is 6.07 Å². The average molecular weight is 515 g/mol. The number of amides is 1. The number of anilines is 1. The smallest absolute Gasteiger partial charge is 0.256 e. The third-order valence-corrected chi connectivity index (χ3v) is 5.48. The maximum Gasteiger partial charge on any atom is 0.256 e. The van der Waals surface area contributed by atoms with Gasteiger partial charge in [0.05, 0.1) is 11.0 Å². The number of carbonyl (C=O) groups excluding carboxylic acids is 1. The molecule has 0 saturated carbocycles. The van der Waals surface area contributed by atoms with Crippen molar-refractivity contribution in [2.24, 2.45) is 0 Å². The molecular formula is C24H18BrClFN3O2. The summed E-state index contributed by atoms with van der Waals surface area (Å²) >= 11 is 9.28. The molecule has 3 aromatic carbocycles. The lowest BCUT2D eigenvalue weighted by Crippen LogP contribution is -2.13. The maximum atomic E-state index is 13.9. The molecule has 1 N–H and O–H groups in total. The monoisotopic (exact) mass is 513 g/mol. The number of carbonyl (C=O) groups is 1. The van der Waals surface area contributed by atoms with E-state index in [2.05, 4.69) is 26.3 Å². The molecule has 1 amide bonds. The Hall–Kier alpha value is -3.16. The third-order valence-electron chi connectivity index (χ3n) is 4.65. The molecule has 0 radical (unpaired) electrons. The van der Waals surface area contributed by atoms with Gasteiger partial charge >= 0.3 is 0 Å². The summed E-state index contributed by atoms with van der Waals surface area (Å²) in [5.41, 5.74) is 1.82. The summed E-state index contributed by atoms with van der Waals surface area (Å²) in [5.74, 6) is 0.431. The summed E-state index contributed by atoms with van der Waals surface area (Å²) in [6.45, 7) is 0.558. The highest BCUT2D eigenvalue weighted by atomic mass is 79.9. The Bertz CT molecular complexity index is 1240. The van der Waals surface area contributed by atoms with Crippen LogP contribution >= 0.6 is 27.5 Å². The summed E-state index contributed by atoms with van der Waals surface area (Å²) < 4.78 is 21.8. The minimum atomic E-state index is -0.310. The average Bonchev–Trinajstić information content (AvgIpc) is 3.13. The Labute approximate surface area is 197 Å². The first-order chi connectivity index (χ1) is 15.5. The molecule has 0 unspecified atom stereocenters. The van der Waals surface area contributed by atoms with Crippen molar-refractivity contribution in [3.8, 4) is 5.75 Å². The van der Waals surface area contributed by atoms with E-state index >= 15 is 0 Å². The van der Waals surface area contributed by atoms with E-state index in [4.69, 9.17) is 16.3 Å². The molecule has 4 aromatic rings. The number of hydrogen-bond acceptors (Lipinski definition) is 3. The normalized spacial score (nSPS) is 10.7. The zero-order valence-corrected chi connectivity index (χ0v) is 19.1. The SMILES string of the molecule is O=C(Nc1nn(Cc2ccccc2F)cc1Br)c1cccc(COc2ccc(Cl)cc2)c1. The Morgan fingerprint density at radius 1 is 1.09 bits per heavy atom. The topological polar surface area (TPSA) is 56.2 Å². The van der Waals surface area contributed by atoms with Crippen LogP contribution in [0.4, 0.5) is 10.2 Å². The Morgan fingerprint density at radius 2 is 1.88 bits per heavy atom. The number of halogens is 3. The van der Waals surface area contributed by atoms with Gasteiger partial charge in [-0.2, -0.15) is 5.10 Å². The zero-order chi connectivity index (χ0) is 22.5. The van der Waals surface area contributed by atoms with E-state index in [-0.39, 0.29) is 18.3 Å². The van der Waals surface area contributed by atoms with Crippen LogP contribution in [0, 0.1) is 5.82 Å². The van der Waals surface area contributed by atoms with Crippen molar-refractivity contribution in [2.45, 2.75) is 13.2 Å². The van der Waals surface area contributed by atoms with Gasteiger partial charge in [-0.15, -0.1) is 0 Å². The van der Waals surface area contributed by atoms with Crippen LogP contribution in [0.2, 0.25) is 5.02 Å². The second-order valence-electron chi connectivity index (χ2n) is 7.01. The predicted molar refractivity (Wildman–Crippen MR) is 126 cm³/mol. The van der Waals surface area contributed by atoms with E-state index in [0.29, 0.717) is 38.8 Å². The van der Waals surface area contributed by atoms with Crippen molar-refractivity contribution >= 4 is 39.3 Å². The lowest BCUT2D eigenvalue weighted by atomic mass is 10.1. The predicted octanol–water partition coefficient (Wildman–Crippen LogP) is 6.32. The minimum Gasteiger partial charge on any atom is -0.489 e. The molecule has 0 spiro atoms. The van der Waals surface area contributed by atoms with Gasteiger partial charge in [-0.05, 0) is 64.0 Å². The summed E-state index contributed by atoms with van der Waals surface area (Å²) in [5, 5.41) is 7.78. The molecule has 1 heterocycles. The van der Waals surface area contributed by atoms with Crippen LogP contribution < -0.4 is 10.1 Å². The summed E-state index contributed by atoms with van der Waals surface area (Å²) in [7, 11) is 0. The fraction of sp³-hybridized carbons (Fsp3) is 0.0833. The molecule has 0 bridgehead atoms. The van der Waals surface area contributed by atoms with Crippen molar-refractivity contribution in [3.05, 3.63) is 111 Å². The molecule has 0 aliphatic carbocycles. The molecule has 5 nitrogen and oxygen atoms in total. The largest absolute Gasteiger partial charge is 0.489 e. The number of aromatic nitrogens is 2. The fourth-order valence-electron chi connectivity index (χ4n) is 3.04. The van der Waals surface area contributed by atoms with Crippen LogP contribution in [0.5, 0.6) is 5.75 Å². The molecule has 0 aliphatic rings. The number of hydrogen-bond donors (Lipinski definition) is 1. The minimum absolute atomic E-state index is 0.249. The lowest BCUT2D eigenvalue weighted by Gasteiger charge is -2.08. The molecule has 0 saturated heterocycles. The number of nitrogens with one attached hydrogen (secondary N) is 1. The van der Waals surface area contributed by atoms with Gasteiger partial charge in [0, 0.05) is 22.3 Å². The number of ether oxygens (including phenoxy) is 1. The zero-order valence-electron chi connectivity index (χ0n) is 16.8. The third kappa shape index (κ3) is 5.55. The van der Waals surface area contributed by atoms with Gasteiger partial charge in [-0.1, -0.05) is 41.9 Å². The van der Waals surface area contributed by atoms with Crippen LogP contribution in [0.15, 0.2) is 83.5 Å². The second-order valence-corrected chi connectivity index (χ2v) is 8.30. The van der Waals surface area contributed by atoms with Gasteiger partial charge in [0.15, 0.2) is 5.82 Å². The summed E-state index contributed by atoms with van der Waals surface area (Å²) in [6, 6.07) is 20.7. The lowest BCUT2D eigenvalue weighted by molar-refractivity contribution is 0.102. The van der Waals surface area contributed by atoms with Gasteiger partial charge in [0.25, 0.3) is 5.91 Å². The molecule has 8 heteroatoms. The molecule has 1 aromatic heterocycles. The Kier molecular flexibility index (Phi) is 6.87. The molecule has 32 heavy (non-hydrogen) atoms. The van der Waals surface area contributed by atoms with Gasteiger partial charge in [0.2, 0.25) is 0 Å². The molecule has 0 fully saturated rings. The molecule has 0 aliphatic heterocycles. The van der Waals surface area contributed by atoms with Crippen LogP contribution in [-0.2, 0) is 13.2 Å². The first-order valence-corrected chi connectivity index (χ1v) is 10.9. The van der Waals surface area contributed by atoms with Crippen molar-refractivity contribution < 1.29 is 13.9 Å². The summed E-state index contributed by atoms with van der Waals surface area (Å²) in [6.07, 6.45) is 1.69. The molecule has 4 rings (SSSR count). The number of rotatable bonds is 7. The van der Waals surface area contributed by atoms with E-state index < -0.39 is 0 Å². The molecular weight excluding hydrogens is 497 g/mol. The van der Waals surface area contributed by atoms with Gasteiger partial charge in [0.1, 0.15) is 18.2 Å². The maximum absolute atomic E-state index is 13.9. The van der Waals surface area contributed by atoms with E-state index in [9.17, 15) is 9.18 Å². The van der Waals surface area contributed by atoms with Crippen molar-refractivity contribution in [2.75, 3.05) is 5.32 Å². The first-order valence-electron chi connectivity index (χ1n) is 9.73. The Balaban J connectivity index is 1.41. The highest BCUT2D eigenvalue weighted by molar-refractivity contribution is 9.10. The summed E-state index contributed by atoms with van der Waals surface area (Å²) in [4.78, 5) is 12.8. The van der Waals surface area contributed by atoms with Crippen LogP contribution in [-0.4, -0.2) is 15.7 Å². The van der Waals surface area contributed by atoms with Crippen molar-refractivity contribution in [3.63, 3.8) is 0 Å². The first kappa shape index (κ1) is 22.0. The van der Waals surface area contributed by atoms with Crippen LogP contribution in [0.1, 0.15) is 21.5 Å². The van der Waals surface area contributed by atoms with Crippen LogP contribution in [0.3, 0.4) is 0 Å². The van der Waals surface area contributed by atoms with Crippen LogP contribution in [0.25, 0.3) is 0 Å². The van der Waals surface area contributed by atoms with E-state index in [0.717, 1.165) is 5.56 Å². The van der Waals surface area contributed by atoms with E-state index in [1.165, 1.54) is 6.07 Å². The molecule has 0 atom stereocenters. The number of benzene rings is 3. The second kappa shape index (κ2) is 9.97. The molecule has 162 valence electrons. The van der Waals surface area contributed by atoms with Crippen molar-refractivity contribution in [1.29, 1.82) is 0 Å².